The highest BCUT2D eigenvalue weighted by atomic mass is 32.1. The average Bonchev–Trinajstić information content (AvgIpc) is 2.29. The number of benzene rings is 1. The standard InChI is InChI=1S/C15H24N2S/c1-6-15(4,5)17-14(18)16-13-9-7-12(8-10-13)11(2)3/h7-11H,6H2,1-5H3,(H2,16,17,18). The Morgan fingerprint density at radius 1 is 1.22 bits per heavy atom. The number of hydrogen-bond acceptors (Lipinski definition) is 1. The molecule has 0 aromatic heterocycles. The lowest BCUT2D eigenvalue weighted by Gasteiger charge is -2.26. The predicted molar refractivity (Wildman–Crippen MR) is 84.3 cm³/mol. The Bertz CT molecular complexity index is 393. The summed E-state index contributed by atoms with van der Waals surface area (Å²) in [4.78, 5) is 0. The van der Waals surface area contributed by atoms with Gasteiger partial charge in [-0.3, -0.25) is 0 Å². The topological polar surface area (TPSA) is 24.1 Å². The van der Waals surface area contributed by atoms with Gasteiger partial charge in [0.2, 0.25) is 0 Å². The van der Waals surface area contributed by atoms with Crippen molar-refractivity contribution >= 4 is 23.0 Å². The molecule has 1 rings (SSSR count). The zero-order valence-electron chi connectivity index (χ0n) is 12.0. The molecule has 1 aromatic carbocycles. The zero-order chi connectivity index (χ0) is 13.8. The number of nitrogens with one attached hydrogen (secondary N) is 2. The SMILES string of the molecule is CCC(C)(C)NC(=S)Nc1ccc(C(C)C)cc1. The van der Waals surface area contributed by atoms with E-state index in [0.717, 1.165) is 12.1 Å². The molecule has 0 amide bonds. The van der Waals surface area contributed by atoms with Crippen LogP contribution in [0.2, 0.25) is 0 Å². The van der Waals surface area contributed by atoms with Gasteiger partial charge >= 0.3 is 0 Å². The highest BCUT2D eigenvalue weighted by molar-refractivity contribution is 7.80. The third-order valence-electron chi connectivity index (χ3n) is 3.17. The smallest absolute Gasteiger partial charge is 0.171 e. The Morgan fingerprint density at radius 3 is 2.22 bits per heavy atom. The van der Waals surface area contributed by atoms with Gasteiger partial charge in [-0.2, -0.15) is 0 Å². The largest absolute Gasteiger partial charge is 0.358 e. The van der Waals surface area contributed by atoms with Gasteiger partial charge in [0, 0.05) is 11.2 Å². The molecule has 0 atom stereocenters. The van der Waals surface area contributed by atoms with Gasteiger partial charge in [-0.15, -0.1) is 0 Å². The summed E-state index contributed by atoms with van der Waals surface area (Å²) in [5.41, 5.74) is 2.40. The second-order valence-electron chi connectivity index (χ2n) is 5.59. The van der Waals surface area contributed by atoms with Crippen molar-refractivity contribution < 1.29 is 0 Å². The molecule has 0 aliphatic heterocycles. The Morgan fingerprint density at radius 2 is 1.78 bits per heavy atom. The summed E-state index contributed by atoms with van der Waals surface area (Å²) < 4.78 is 0. The number of thiocarbonyl (C=S) groups is 1. The van der Waals surface area contributed by atoms with E-state index in [-0.39, 0.29) is 5.54 Å². The fourth-order valence-corrected chi connectivity index (χ4v) is 1.90. The van der Waals surface area contributed by atoms with Gasteiger partial charge in [0.05, 0.1) is 0 Å². The first-order chi connectivity index (χ1) is 8.34. The van der Waals surface area contributed by atoms with Crippen LogP contribution in [-0.2, 0) is 0 Å². The van der Waals surface area contributed by atoms with Crippen molar-refractivity contribution in [2.24, 2.45) is 0 Å². The van der Waals surface area contributed by atoms with Crippen LogP contribution in [0.15, 0.2) is 24.3 Å². The van der Waals surface area contributed by atoms with E-state index in [2.05, 4.69) is 69.5 Å². The highest BCUT2D eigenvalue weighted by Gasteiger charge is 2.15. The molecule has 0 spiro atoms. The first-order valence-corrected chi connectivity index (χ1v) is 6.94. The van der Waals surface area contributed by atoms with E-state index in [1.165, 1.54) is 5.56 Å². The van der Waals surface area contributed by atoms with E-state index >= 15 is 0 Å². The molecule has 0 bridgehead atoms. The molecule has 0 unspecified atom stereocenters. The van der Waals surface area contributed by atoms with Gasteiger partial charge in [-0.05, 0) is 56.1 Å². The number of rotatable bonds is 4. The minimum atomic E-state index is 0.0297. The summed E-state index contributed by atoms with van der Waals surface area (Å²) in [5.74, 6) is 0.558. The third kappa shape index (κ3) is 4.65. The quantitative estimate of drug-likeness (QED) is 0.794. The lowest BCUT2D eigenvalue weighted by Crippen LogP contribution is -2.44. The third-order valence-corrected chi connectivity index (χ3v) is 3.38. The molecular formula is C15H24N2S. The van der Waals surface area contributed by atoms with E-state index in [4.69, 9.17) is 12.2 Å². The van der Waals surface area contributed by atoms with Gasteiger partial charge in [0.15, 0.2) is 5.11 Å². The molecule has 0 fully saturated rings. The van der Waals surface area contributed by atoms with E-state index in [9.17, 15) is 0 Å². The Labute approximate surface area is 116 Å². The van der Waals surface area contributed by atoms with Crippen molar-refractivity contribution in [2.45, 2.75) is 52.5 Å². The molecule has 2 N–H and O–H groups in total. The fourth-order valence-electron chi connectivity index (χ4n) is 1.51. The van der Waals surface area contributed by atoms with Crippen LogP contribution in [0.3, 0.4) is 0 Å². The van der Waals surface area contributed by atoms with Crippen molar-refractivity contribution in [3.63, 3.8) is 0 Å². The molecule has 0 heterocycles. The van der Waals surface area contributed by atoms with Crippen LogP contribution in [0.5, 0.6) is 0 Å². The molecule has 3 heteroatoms. The van der Waals surface area contributed by atoms with E-state index < -0.39 is 0 Å². The molecule has 18 heavy (non-hydrogen) atoms. The second-order valence-corrected chi connectivity index (χ2v) is 6.00. The maximum Gasteiger partial charge on any atom is 0.171 e. The molecule has 0 saturated carbocycles. The summed E-state index contributed by atoms with van der Waals surface area (Å²) in [5, 5.41) is 7.21. The van der Waals surface area contributed by atoms with E-state index in [1.807, 2.05) is 0 Å². The average molecular weight is 264 g/mol. The summed E-state index contributed by atoms with van der Waals surface area (Å²) in [6.45, 7) is 10.8. The van der Waals surface area contributed by atoms with Crippen molar-refractivity contribution in [3.05, 3.63) is 29.8 Å². The number of anilines is 1. The minimum Gasteiger partial charge on any atom is -0.358 e. The lowest BCUT2D eigenvalue weighted by molar-refractivity contribution is 0.448. The summed E-state index contributed by atoms with van der Waals surface area (Å²) in [6.07, 6.45) is 1.03. The molecule has 0 aliphatic carbocycles. The summed E-state index contributed by atoms with van der Waals surface area (Å²) in [6, 6.07) is 8.42. The van der Waals surface area contributed by atoms with Gasteiger partial charge in [-0.1, -0.05) is 32.9 Å². The second kappa shape index (κ2) is 6.19. The molecular weight excluding hydrogens is 240 g/mol. The van der Waals surface area contributed by atoms with Crippen molar-refractivity contribution in [3.8, 4) is 0 Å². The van der Waals surface area contributed by atoms with Crippen LogP contribution in [0.1, 0.15) is 52.5 Å². The van der Waals surface area contributed by atoms with Crippen LogP contribution >= 0.6 is 12.2 Å². The van der Waals surface area contributed by atoms with Crippen LogP contribution < -0.4 is 10.6 Å². The monoisotopic (exact) mass is 264 g/mol. The molecule has 0 radical (unpaired) electrons. The fraction of sp³-hybridized carbons (Fsp3) is 0.533. The Kier molecular flexibility index (Phi) is 5.15. The maximum atomic E-state index is 5.31. The predicted octanol–water partition coefficient (Wildman–Crippen LogP) is 4.29. The highest BCUT2D eigenvalue weighted by Crippen LogP contribution is 2.17. The van der Waals surface area contributed by atoms with Crippen LogP contribution in [-0.4, -0.2) is 10.7 Å². The maximum absolute atomic E-state index is 5.31. The molecule has 1 aromatic rings. The minimum absolute atomic E-state index is 0.0297. The van der Waals surface area contributed by atoms with Crippen molar-refractivity contribution in [1.29, 1.82) is 0 Å². The van der Waals surface area contributed by atoms with E-state index in [0.29, 0.717) is 11.0 Å². The van der Waals surface area contributed by atoms with Crippen molar-refractivity contribution in [1.82, 2.24) is 5.32 Å². The Hall–Kier alpha value is -1.09. The van der Waals surface area contributed by atoms with Gasteiger partial charge in [-0.25, -0.2) is 0 Å². The summed E-state index contributed by atoms with van der Waals surface area (Å²) in [7, 11) is 0. The zero-order valence-corrected chi connectivity index (χ0v) is 12.8. The lowest BCUT2D eigenvalue weighted by atomic mass is 10.0. The van der Waals surface area contributed by atoms with Gasteiger partial charge in [0.25, 0.3) is 0 Å². The molecule has 0 aliphatic rings. The number of hydrogen-bond donors (Lipinski definition) is 2. The Balaban J connectivity index is 2.60. The van der Waals surface area contributed by atoms with Gasteiger partial charge < -0.3 is 10.6 Å². The van der Waals surface area contributed by atoms with Crippen LogP contribution in [0.25, 0.3) is 0 Å². The van der Waals surface area contributed by atoms with Crippen LogP contribution in [0, 0.1) is 0 Å². The first-order valence-electron chi connectivity index (χ1n) is 6.53. The van der Waals surface area contributed by atoms with E-state index in [1.54, 1.807) is 0 Å². The molecule has 2 nitrogen and oxygen atoms in total. The van der Waals surface area contributed by atoms with Crippen molar-refractivity contribution in [2.75, 3.05) is 5.32 Å². The first kappa shape index (κ1) is 15.0. The van der Waals surface area contributed by atoms with Gasteiger partial charge in [0.1, 0.15) is 0 Å². The molecule has 100 valence electrons. The summed E-state index contributed by atoms with van der Waals surface area (Å²) >= 11 is 5.31. The molecule has 0 saturated heterocycles. The van der Waals surface area contributed by atoms with Crippen LogP contribution in [0.4, 0.5) is 5.69 Å². The normalized spacial score (nSPS) is 11.4.